The Kier molecular flexibility index (Phi) is 5.23. The van der Waals surface area contributed by atoms with Crippen molar-refractivity contribution in [2.24, 2.45) is 0 Å². The molecule has 140 valence electrons. The summed E-state index contributed by atoms with van der Waals surface area (Å²) in [7, 11) is 0. The molecular formula is C21H15ClN2O3S. The molecule has 0 bridgehead atoms. The molecule has 0 aromatic heterocycles. The highest BCUT2D eigenvalue weighted by molar-refractivity contribution is 8.00. The third kappa shape index (κ3) is 3.98. The first-order chi connectivity index (χ1) is 13.6. The molecule has 7 heteroatoms. The molecule has 0 unspecified atom stereocenters. The first-order valence-corrected chi connectivity index (χ1v) is 9.86. The molecule has 3 aromatic carbocycles. The second kappa shape index (κ2) is 7.96. The highest BCUT2D eigenvalue weighted by Gasteiger charge is 2.18. The van der Waals surface area contributed by atoms with Gasteiger partial charge < -0.3 is 15.4 Å². The SMILES string of the molecule is O=C1CSc2ccc(C(=O)Nc3ccccc3Oc3ccccc3Cl)cc2N1. The van der Waals surface area contributed by atoms with Crippen molar-refractivity contribution in [2.75, 3.05) is 16.4 Å². The van der Waals surface area contributed by atoms with Gasteiger partial charge >= 0.3 is 0 Å². The van der Waals surface area contributed by atoms with Crippen LogP contribution in [0.1, 0.15) is 10.4 Å². The van der Waals surface area contributed by atoms with Gasteiger partial charge in [0.2, 0.25) is 5.91 Å². The molecule has 0 saturated carbocycles. The maximum Gasteiger partial charge on any atom is 0.255 e. The molecule has 0 spiro atoms. The lowest BCUT2D eigenvalue weighted by Crippen LogP contribution is -2.20. The Morgan fingerprint density at radius 3 is 2.61 bits per heavy atom. The van der Waals surface area contributed by atoms with Crippen LogP contribution < -0.4 is 15.4 Å². The summed E-state index contributed by atoms with van der Waals surface area (Å²) < 4.78 is 5.87. The maximum absolute atomic E-state index is 12.7. The number of hydrogen-bond acceptors (Lipinski definition) is 4. The van der Waals surface area contributed by atoms with Gasteiger partial charge in [0.05, 0.1) is 22.2 Å². The average molecular weight is 411 g/mol. The van der Waals surface area contributed by atoms with Crippen molar-refractivity contribution >= 4 is 46.6 Å². The molecule has 4 rings (SSSR count). The van der Waals surface area contributed by atoms with Gasteiger partial charge in [0.1, 0.15) is 5.75 Å². The molecule has 1 aliphatic heterocycles. The summed E-state index contributed by atoms with van der Waals surface area (Å²) in [6.45, 7) is 0. The highest BCUT2D eigenvalue weighted by atomic mass is 35.5. The van der Waals surface area contributed by atoms with Crippen molar-refractivity contribution in [2.45, 2.75) is 4.90 Å². The van der Waals surface area contributed by atoms with Gasteiger partial charge in [-0.1, -0.05) is 35.9 Å². The zero-order valence-corrected chi connectivity index (χ0v) is 16.1. The number of para-hydroxylation sites is 3. The molecular weight excluding hydrogens is 396 g/mol. The fourth-order valence-electron chi connectivity index (χ4n) is 2.72. The number of ether oxygens (including phenoxy) is 1. The molecule has 0 radical (unpaired) electrons. The molecule has 1 heterocycles. The minimum atomic E-state index is -0.303. The number of thioether (sulfide) groups is 1. The van der Waals surface area contributed by atoms with Crippen LogP contribution in [0.5, 0.6) is 11.5 Å². The maximum atomic E-state index is 12.7. The minimum Gasteiger partial charge on any atom is -0.454 e. The lowest BCUT2D eigenvalue weighted by Gasteiger charge is -2.17. The second-order valence-electron chi connectivity index (χ2n) is 6.03. The Morgan fingerprint density at radius 2 is 1.79 bits per heavy atom. The third-order valence-electron chi connectivity index (χ3n) is 4.07. The summed E-state index contributed by atoms with van der Waals surface area (Å²) in [5.74, 6) is 0.979. The topological polar surface area (TPSA) is 67.4 Å². The van der Waals surface area contributed by atoms with E-state index in [2.05, 4.69) is 10.6 Å². The first kappa shape index (κ1) is 18.4. The standard InChI is InChI=1S/C21H15ClN2O3S/c22-14-5-1-3-7-17(14)27-18-8-4-2-6-15(18)24-21(26)13-9-10-19-16(11-13)23-20(25)12-28-19/h1-11H,12H2,(H,23,25)(H,24,26). The van der Waals surface area contributed by atoms with Crippen molar-refractivity contribution in [1.82, 2.24) is 0 Å². The van der Waals surface area contributed by atoms with E-state index in [0.717, 1.165) is 4.90 Å². The second-order valence-corrected chi connectivity index (χ2v) is 7.45. The van der Waals surface area contributed by atoms with Crippen LogP contribution in [0, 0.1) is 0 Å². The van der Waals surface area contributed by atoms with Crippen molar-refractivity contribution in [1.29, 1.82) is 0 Å². The monoisotopic (exact) mass is 410 g/mol. The van der Waals surface area contributed by atoms with Gasteiger partial charge in [-0.25, -0.2) is 0 Å². The predicted octanol–water partition coefficient (Wildman–Crippen LogP) is 5.43. The molecule has 2 amide bonds. The molecule has 28 heavy (non-hydrogen) atoms. The van der Waals surface area contributed by atoms with Crippen LogP contribution in [-0.4, -0.2) is 17.6 Å². The number of amides is 2. The Bertz CT molecular complexity index is 1070. The zero-order valence-electron chi connectivity index (χ0n) is 14.6. The van der Waals surface area contributed by atoms with Gasteiger partial charge in [0.15, 0.2) is 5.75 Å². The van der Waals surface area contributed by atoms with E-state index in [1.54, 1.807) is 42.5 Å². The summed E-state index contributed by atoms with van der Waals surface area (Å²) in [6.07, 6.45) is 0. The number of rotatable bonds is 4. The lowest BCUT2D eigenvalue weighted by atomic mass is 10.1. The number of benzene rings is 3. The number of hydrogen-bond donors (Lipinski definition) is 2. The molecule has 3 aromatic rings. The van der Waals surface area contributed by atoms with E-state index in [1.807, 2.05) is 24.3 Å². The van der Waals surface area contributed by atoms with E-state index in [4.69, 9.17) is 16.3 Å². The summed E-state index contributed by atoms with van der Waals surface area (Å²) in [5, 5.41) is 6.13. The van der Waals surface area contributed by atoms with Crippen LogP contribution in [0.25, 0.3) is 0 Å². The highest BCUT2D eigenvalue weighted by Crippen LogP contribution is 2.35. The van der Waals surface area contributed by atoms with E-state index in [-0.39, 0.29) is 11.8 Å². The molecule has 5 nitrogen and oxygen atoms in total. The van der Waals surface area contributed by atoms with E-state index < -0.39 is 0 Å². The number of halogens is 1. The van der Waals surface area contributed by atoms with Crippen LogP contribution in [0.15, 0.2) is 71.6 Å². The molecule has 2 N–H and O–H groups in total. The number of carbonyl (C=O) groups excluding carboxylic acids is 2. The number of nitrogens with one attached hydrogen (secondary N) is 2. The summed E-state index contributed by atoms with van der Waals surface area (Å²) in [5.41, 5.74) is 1.60. The van der Waals surface area contributed by atoms with E-state index in [9.17, 15) is 9.59 Å². The normalized spacial score (nSPS) is 12.7. The summed E-state index contributed by atoms with van der Waals surface area (Å²) in [4.78, 5) is 25.3. The Morgan fingerprint density at radius 1 is 1.04 bits per heavy atom. The van der Waals surface area contributed by atoms with Gasteiger partial charge in [-0.05, 0) is 42.5 Å². The molecule has 0 saturated heterocycles. The van der Waals surface area contributed by atoms with Crippen molar-refractivity contribution in [3.63, 3.8) is 0 Å². The van der Waals surface area contributed by atoms with Crippen LogP contribution in [0.3, 0.4) is 0 Å². The quantitative estimate of drug-likeness (QED) is 0.601. The smallest absolute Gasteiger partial charge is 0.255 e. The largest absolute Gasteiger partial charge is 0.454 e. The summed E-state index contributed by atoms with van der Waals surface area (Å²) in [6, 6.07) is 19.5. The predicted molar refractivity (Wildman–Crippen MR) is 112 cm³/mol. The number of carbonyl (C=O) groups is 2. The number of anilines is 2. The van der Waals surface area contributed by atoms with Crippen molar-refractivity contribution in [3.05, 3.63) is 77.3 Å². The first-order valence-electron chi connectivity index (χ1n) is 8.49. The Balaban J connectivity index is 1.56. The molecule has 1 aliphatic rings. The Labute approximate surface area is 171 Å². The lowest BCUT2D eigenvalue weighted by molar-refractivity contribution is -0.113. The van der Waals surface area contributed by atoms with E-state index in [1.165, 1.54) is 11.8 Å². The minimum absolute atomic E-state index is 0.0754. The summed E-state index contributed by atoms with van der Waals surface area (Å²) >= 11 is 7.61. The van der Waals surface area contributed by atoms with Gasteiger partial charge in [-0.2, -0.15) is 0 Å². The van der Waals surface area contributed by atoms with Gasteiger partial charge in [-0.15, -0.1) is 11.8 Å². The Hall–Kier alpha value is -2.96. The third-order valence-corrected chi connectivity index (χ3v) is 5.45. The van der Waals surface area contributed by atoms with Crippen LogP contribution >= 0.6 is 23.4 Å². The van der Waals surface area contributed by atoms with Gasteiger partial charge in [0.25, 0.3) is 5.91 Å². The van der Waals surface area contributed by atoms with Crippen LogP contribution in [0.2, 0.25) is 5.02 Å². The number of fused-ring (bicyclic) bond motifs is 1. The molecule has 0 atom stereocenters. The van der Waals surface area contributed by atoms with Crippen LogP contribution in [-0.2, 0) is 4.79 Å². The van der Waals surface area contributed by atoms with Gasteiger partial charge in [-0.3, -0.25) is 9.59 Å². The molecule has 0 fully saturated rings. The van der Waals surface area contributed by atoms with E-state index in [0.29, 0.717) is 39.2 Å². The fraction of sp³-hybridized carbons (Fsp3) is 0.0476. The van der Waals surface area contributed by atoms with Crippen molar-refractivity contribution in [3.8, 4) is 11.5 Å². The van der Waals surface area contributed by atoms with E-state index >= 15 is 0 Å². The zero-order chi connectivity index (χ0) is 19.5. The van der Waals surface area contributed by atoms with Gasteiger partial charge in [0, 0.05) is 10.5 Å². The van der Waals surface area contributed by atoms with Crippen LogP contribution in [0.4, 0.5) is 11.4 Å². The fourth-order valence-corrected chi connectivity index (χ4v) is 3.69. The van der Waals surface area contributed by atoms with Crippen molar-refractivity contribution < 1.29 is 14.3 Å². The average Bonchev–Trinajstić information content (AvgIpc) is 2.70. The molecule has 0 aliphatic carbocycles.